The second-order valence-electron chi connectivity index (χ2n) is 5.80. The molecule has 4 rings (SSSR count). The molecule has 3 heterocycles. The minimum absolute atomic E-state index is 0.0873. The molecule has 3 aliphatic rings. The van der Waals surface area contributed by atoms with Crippen molar-refractivity contribution in [1.82, 2.24) is 15.4 Å². The molecule has 1 N–H and O–H groups in total. The van der Waals surface area contributed by atoms with Gasteiger partial charge in [-0.25, -0.2) is 0 Å². The molecule has 1 aromatic rings. The zero-order valence-electron chi connectivity index (χ0n) is 10.8. The molecule has 2 fully saturated rings. The molecular weight excluding hydrogens is 244 g/mol. The van der Waals surface area contributed by atoms with Crippen molar-refractivity contribution in [3.63, 3.8) is 0 Å². The summed E-state index contributed by atoms with van der Waals surface area (Å²) in [5.41, 5.74) is 0.903. The second-order valence-corrected chi connectivity index (χ2v) is 5.80. The largest absolute Gasteiger partial charge is 0.368 e. The Balaban J connectivity index is 1.59. The Labute approximate surface area is 111 Å². The maximum atomic E-state index is 12.7. The first-order chi connectivity index (χ1) is 9.34. The van der Waals surface area contributed by atoms with Crippen LogP contribution in [0.3, 0.4) is 0 Å². The highest BCUT2D eigenvalue weighted by atomic mass is 16.5. The van der Waals surface area contributed by atoms with E-state index in [1.54, 1.807) is 4.90 Å². The van der Waals surface area contributed by atoms with E-state index in [1.165, 1.54) is 12.8 Å². The summed E-state index contributed by atoms with van der Waals surface area (Å²) >= 11 is 0. The van der Waals surface area contributed by atoms with Gasteiger partial charge in [0, 0.05) is 6.54 Å². The summed E-state index contributed by atoms with van der Waals surface area (Å²) in [7, 11) is 0. The van der Waals surface area contributed by atoms with Crippen molar-refractivity contribution >= 4 is 11.7 Å². The van der Waals surface area contributed by atoms with Gasteiger partial charge in [-0.15, -0.1) is 5.10 Å². The lowest BCUT2D eigenvalue weighted by atomic mass is 9.93. The number of aryl methyl sites for hydroxylation is 1. The highest BCUT2D eigenvalue weighted by Crippen LogP contribution is 2.41. The maximum absolute atomic E-state index is 12.7. The summed E-state index contributed by atoms with van der Waals surface area (Å²) in [6.07, 6.45) is 5.16. The lowest BCUT2D eigenvalue weighted by Gasteiger charge is -2.28. The van der Waals surface area contributed by atoms with Crippen molar-refractivity contribution in [2.75, 3.05) is 18.1 Å². The minimum Gasteiger partial charge on any atom is -0.368 e. The van der Waals surface area contributed by atoms with Crippen LogP contribution in [0.5, 0.6) is 0 Å². The predicted octanol–water partition coefficient (Wildman–Crippen LogP) is 0.899. The van der Waals surface area contributed by atoms with Crippen LogP contribution in [0, 0.1) is 11.8 Å². The summed E-state index contributed by atoms with van der Waals surface area (Å²) in [6, 6.07) is 0. The molecular formula is C13H18N4O2. The fraction of sp³-hybridized carbons (Fsp3) is 0.769. The van der Waals surface area contributed by atoms with Gasteiger partial charge in [-0.05, 0) is 37.5 Å². The van der Waals surface area contributed by atoms with E-state index in [-0.39, 0.29) is 12.0 Å². The van der Waals surface area contributed by atoms with Crippen molar-refractivity contribution in [1.29, 1.82) is 0 Å². The number of nitrogens with one attached hydrogen (secondary N) is 1. The second kappa shape index (κ2) is 4.30. The summed E-state index contributed by atoms with van der Waals surface area (Å²) in [5, 5.41) is 10.9. The molecule has 19 heavy (non-hydrogen) atoms. The Hall–Kier alpha value is -1.43. The molecule has 1 amide bonds. The van der Waals surface area contributed by atoms with E-state index in [9.17, 15) is 4.79 Å². The van der Waals surface area contributed by atoms with Gasteiger partial charge < -0.3 is 4.74 Å². The minimum atomic E-state index is -0.254. The number of fused-ring (bicyclic) bond motifs is 2. The quantitative estimate of drug-likeness (QED) is 0.816. The third kappa shape index (κ3) is 1.69. The molecule has 1 saturated heterocycles. The number of anilines is 1. The number of carbonyl (C=O) groups excluding carboxylic acids is 1. The van der Waals surface area contributed by atoms with Crippen molar-refractivity contribution < 1.29 is 9.53 Å². The van der Waals surface area contributed by atoms with Gasteiger partial charge in [0.2, 0.25) is 0 Å². The van der Waals surface area contributed by atoms with Crippen LogP contribution in [0.2, 0.25) is 0 Å². The standard InChI is InChI=1S/C13H18N4O2/c18-13(11-9-4-1-3-8(9)7-19-11)17-6-2-5-10-12(17)15-16-14-10/h8-9,11H,1-7H2,(H,14,15,16)/t8-,9-,11+/m0/s1. The van der Waals surface area contributed by atoms with Gasteiger partial charge in [-0.2, -0.15) is 10.3 Å². The van der Waals surface area contributed by atoms with Gasteiger partial charge in [0.15, 0.2) is 5.82 Å². The molecule has 0 bridgehead atoms. The Morgan fingerprint density at radius 2 is 2.26 bits per heavy atom. The first kappa shape index (κ1) is 11.4. The molecule has 0 aromatic carbocycles. The maximum Gasteiger partial charge on any atom is 0.257 e. The van der Waals surface area contributed by atoms with Gasteiger partial charge >= 0.3 is 0 Å². The van der Waals surface area contributed by atoms with E-state index in [2.05, 4.69) is 15.4 Å². The summed E-state index contributed by atoms with van der Waals surface area (Å²) in [4.78, 5) is 14.5. The number of rotatable bonds is 1. The average Bonchev–Trinajstić information content (AvgIpc) is 3.12. The van der Waals surface area contributed by atoms with E-state index >= 15 is 0 Å². The van der Waals surface area contributed by atoms with Crippen LogP contribution < -0.4 is 4.90 Å². The molecule has 1 aliphatic carbocycles. The van der Waals surface area contributed by atoms with Crippen molar-refractivity contribution in [2.24, 2.45) is 11.8 Å². The smallest absolute Gasteiger partial charge is 0.257 e. The Bertz CT molecular complexity index is 501. The van der Waals surface area contributed by atoms with Crippen molar-refractivity contribution in [2.45, 2.75) is 38.2 Å². The van der Waals surface area contributed by atoms with Gasteiger partial charge in [0.1, 0.15) is 11.8 Å². The SMILES string of the molecule is O=C([C@@H]1OC[C@@H]2CCC[C@@H]21)N1CCCc2n[nH]nc21. The predicted molar refractivity (Wildman–Crippen MR) is 67.6 cm³/mol. The summed E-state index contributed by atoms with van der Waals surface area (Å²) in [5.74, 6) is 1.81. The molecule has 6 nitrogen and oxygen atoms in total. The van der Waals surface area contributed by atoms with E-state index in [4.69, 9.17) is 4.74 Å². The number of aromatic amines is 1. The third-order valence-electron chi connectivity index (χ3n) is 4.76. The molecule has 0 unspecified atom stereocenters. The normalized spacial score (nSPS) is 33.3. The third-order valence-corrected chi connectivity index (χ3v) is 4.76. The fourth-order valence-electron chi connectivity index (χ4n) is 3.79. The van der Waals surface area contributed by atoms with E-state index in [1.807, 2.05) is 0 Å². The molecule has 3 atom stereocenters. The number of aromatic nitrogens is 3. The highest BCUT2D eigenvalue weighted by Gasteiger charge is 2.46. The van der Waals surface area contributed by atoms with E-state index in [0.717, 1.165) is 38.1 Å². The summed E-state index contributed by atoms with van der Waals surface area (Å²) < 4.78 is 5.78. The molecule has 1 aromatic heterocycles. The topological polar surface area (TPSA) is 71.1 Å². The lowest BCUT2D eigenvalue weighted by Crippen LogP contribution is -2.44. The zero-order valence-corrected chi connectivity index (χ0v) is 10.8. The lowest BCUT2D eigenvalue weighted by molar-refractivity contribution is -0.129. The van der Waals surface area contributed by atoms with Gasteiger partial charge in [0.25, 0.3) is 5.91 Å². The van der Waals surface area contributed by atoms with E-state index < -0.39 is 0 Å². The summed E-state index contributed by atoms with van der Waals surface area (Å²) in [6.45, 7) is 1.48. The first-order valence-electron chi connectivity index (χ1n) is 7.17. The van der Waals surface area contributed by atoms with Crippen LogP contribution in [0.25, 0.3) is 0 Å². The monoisotopic (exact) mass is 262 g/mol. The average molecular weight is 262 g/mol. The number of hydrogen-bond donors (Lipinski definition) is 1. The van der Waals surface area contributed by atoms with Gasteiger partial charge in [0.05, 0.1) is 6.61 Å². The molecule has 0 spiro atoms. The zero-order chi connectivity index (χ0) is 12.8. The van der Waals surface area contributed by atoms with Crippen LogP contribution in [-0.2, 0) is 16.0 Å². The van der Waals surface area contributed by atoms with Crippen LogP contribution in [0.15, 0.2) is 0 Å². The number of nitrogens with zero attached hydrogens (tertiary/aromatic N) is 3. The van der Waals surface area contributed by atoms with Crippen LogP contribution in [-0.4, -0.2) is 40.6 Å². The number of ether oxygens (including phenoxy) is 1. The van der Waals surface area contributed by atoms with Crippen LogP contribution in [0.1, 0.15) is 31.4 Å². The Morgan fingerprint density at radius 3 is 3.21 bits per heavy atom. The van der Waals surface area contributed by atoms with Crippen LogP contribution in [0.4, 0.5) is 5.82 Å². The molecule has 102 valence electrons. The fourth-order valence-corrected chi connectivity index (χ4v) is 3.79. The van der Waals surface area contributed by atoms with E-state index in [0.29, 0.717) is 17.7 Å². The molecule has 6 heteroatoms. The van der Waals surface area contributed by atoms with Gasteiger partial charge in [-0.3, -0.25) is 9.69 Å². The molecule has 1 saturated carbocycles. The van der Waals surface area contributed by atoms with Gasteiger partial charge in [-0.1, -0.05) is 6.42 Å². The highest BCUT2D eigenvalue weighted by molar-refractivity contribution is 5.96. The number of amides is 1. The van der Waals surface area contributed by atoms with Crippen LogP contribution >= 0.6 is 0 Å². The number of carbonyl (C=O) groups is 1. The Morgan fingerprint density at radius 1 is 1.32 bits per heavy atom. The first-order valence-corrected chi connectivity index (χ1v) is 7.17. The molecule has 0 radical (unpaired) electrons. The number of hydrogen-bond acceptors (Lipinski definition) is 4. The number of H-pyrrole nitrogens is 1. The van der Waals surface area contributed by atoms with Crippen molar-refractivity contribution in [3.8, 4) is 0 Å². The van der Waals surface area contributed by atoms with Crippen molar-refractivity contribution in [3.05, 3.63) is 5.69 Å². The Kier molecular flexibility index (Phi) is 2.58. The molecule has 2 aliphatic heterocycles.